The predicted molar refractivity (Wildman–Crippen MR) is 109 cm³/mol. The van der Waals surface area contributed by atoms with E-state index in [1.165, 1.54) is 31.4 Å². The van der Waals surface area contributed by atoms with Gasteiger partial charge < -0.3 is 10.1 Å². The average Bonchev–Trinajstić information content (AvgIpc) is 2.74. The molecule has 0 aliphatic heterocycles. The van der Waals surface area contributed by atoms with E-state index >= 15 is 0 Å². The molecule has 0 saturated heterocycles. The van der Waals surface area contributed by atoms with Crippen LogP contribution in [0, 0.1) is 17.5 Å². The molecule has 0 atom stereocenters. The van der Waals surface area contributed by atoms with E-state index in [0.717, 1.165) is 40.7 Å². The zero-order valence-electron chi connectivity index (χ0n) is 16.2. The highest BCUT2D eigenvalue weighted by Gasteiger charge is 2.27. The van der Waals surface area contributed by atoms with Crippen molar-refractivity contribution in [3.05, 3.63) is 84.2 Å². The van der Waals surface area contributed by atoms with Crippen LogP contribution in [0.2, 0.25) is 0 Å². The maximum absolute atomic E-state index is 13.9. The van der Waals surface area contributed by atoms with E-state index in [1.54, 1.807) is 0 Å². The fourth-order valence-electron chi connectivity index (χ4n) is 2.71. The Hall–Kier alpha value is -3.53. The summed E-state index contributed by atoms with van der Waals surface area (Å²) in [6, 6.07) is 12.5. The first kappa shape index (κ1) is 22.2. The number of halogens is 3. The number of hydrogen-bond donors (Lipinski definition) is 1. The molecule has 0 fully saturated rings. The average molecular weight is 450 g/mol. The molecular weight excluding hydrogens is 433 g/mol. The van der Waals surface area contributed by atoms with Gasteiger partial charge in [0, 0.05) is 6.07 Å². The van der Waals surface area contributed by atoms with E-state index in [1.807, 2.05) is 0 Å². The minimum atomic E-state index is -4.28. The SMILES string of the molecule is COc1ccc(N(CC(=O)Nc2ccc(F)cc2F)S(=O)(=O)c2ccc(F)cc2)cc1. The van der Waals surface area contributed by atoms with E-state index in [-0.39, 0.29) is 16.3 Å². The van der Waals surface area contributed by atoms with Gasteiger partial charge in [0.1, 0.15) is 29.7 Å². The summed E-state index contributed by atoms with van der Waals surface area (Å²) in [6.45, 7) is -0.719. The van der Waals surface area contributed by atoms with Crippen LogP contribution in [0.3, 0.4) is 0 Å². The Morgan fingerprint density at radius 3 is 2.13 bits per heavy atom. The topological polar surface area (TPSA) is 75.7 Å². The third-order valence-electron chi connectivity index (χ3n) is 4.25. The van der Waals surface area contributed by atoms with Crippen molar-refractivity contribution in [1.82, 2.24) is 0 Å². The molecule has 0 radical (unpaired) electrons. The molecule has 0 aromatic heterocycles. The molecule has 0 heterocycles. The highest BCUT2D eigenvalue weighted by atomic mass is 32.2. The van der Waals surface area contributed by atoms with Crippen molar-refractivity contribution in [2.75, 3.05) is 23.3 Å². The van der Waals surface area contributed by atoms with Crippen molar-refractivity contribution in [1.29, 1.82) is 0 Å². The van der Waals surface area contributed by atoms with E-state index in [0.29, 0.717) is 11.8 Å². The van der Waals surface area contributed by atoms with Crippen LogP contribution in [-0.4, -0.2) is 28.0 Å². The molecule has 10 heteroatoms. The van der Waals surface area contributed by atoms with Gasteiger partial charge in [-0.25, -0.2) is 21.6 Å². The maximum Gasteiger partial charge on any atom is 0.264 e. The quantitative estimate of drug-likeness (QED) is 0.592. The standard InChI is InChI=1S/C21H17F3N2O4S/c1-30-17-7-5-16(6-8-17)26(31(28,29)18-9-2-14(22)3-10-18)13-21(27)25-20-11-4-15(23)12-19(20)24/h2-12H,13H2,1H3,(H,25,27). The van der Waals surface area contributed by atoms with E-state index in [4.69, 9.17) is 4.74 Å². The highest BCUT2D eigenvalue weighted by molar-refractivity contribution is 7.92. The van der Waals surface area contributed by atoms with Gasteiger partial charge >= 0.3 is 0 Å². The van der Waals surface area contributed by atoms with Gasteiger partial charge in [0.2, 0.25) is 5.91 Å². The third-order valence-corrected chi connectivity index (χ3v) is 6.04. The monoisotopic (exact) mass is 450 g/mol. The zero-order chi connectivity index (χ0) is 22.6. The summed E-state index contributed by atoms with van der Waals surface area (Å²) in [7, 11) is -2.85. The molecule has 0 aliphatic carbocycles. The fourth-order valence-corrected chi connectivity index (χ4v) is 4.13. The Bertz CT molecular complexity index is 1180. The fraction of sp³-hybridized carbons (Fsp3) is 0.0952. The van der Waals surface area contributed by atoms with Crippen LogP contribution in [0.1, 0.15) is 0 Å². The molecule has 0 bridgehead atoms. The Balaban J connectivity index is 1.94. The smallest absolute Gasteiger partial charge is 0.264 e. The molecule has 1 amide bonds. The van der Waals surface area contributed by atoms with Gasteiger partial charge in [0.25, 0.3) is 10.0 Å². The number of amides is 1. The number of carbonyl (C=O) groups is 1. The molecule has 31 heavy (non-hydrogen) atoms. The van der Waals surface area contributed by atoms with Gasteiger partial charge in [0.05, 0.1) is 23.4 Å². The lowest BCUT2D eigenvalue weighted by atomic mass is 10.3. The van der Waals surface area contributed by atoms with Crippen LogP contribution in [0.4, 0.5) is 24.5 Å². The number of nitrogens with zero attached hydrogens (tertiary/aromatic N) is 1. The second-order valence-electron chi connectivity index (χ2n) is 6.34. The lowest BCUT2D eigenvalue weighted by molar-refractivity contribution is -0.114. The Morgan fingerprint density at radius 1 is 0.935 bits per heavy atom. The van der Waals surface area contributed by atoms with Crippen LogP contribution in [-0.2, 0) is 14.8 Å². The van der Waals surface area contributed by atoms with Crippen LogP contribution in [0.15, 0.2) is 71.6 Å². The van der Waals surface area contributed by atoms with Crippen molar-refractivity contribution in [2.45, 2.75) is 4.90 Å². The molecular formula is C21H17F3N2O4S. The predicted octanol–water partition coefficient (Wildman–Crippen LogP) is 3.95. The maximum atomic E-state index is 13.9. The first-order valence-corrected chi connectivity index (χ1v) is 10.3. The molecule has 0 unspecified atom stereocenters. The summed E-state index contributed by atoms with van der Waals surface area (Å²) >= 11 is 0. The van der Waals surface area contributed by atoms with E-state index in [2.05, 4.69) is 5.32 Å². The molecule has 0 saturated carbocycles. The minimum Gasteiger partial charge on any atom is -0.497 e. The molecule has 3 aromatic rings. The third kappa shape index (κ3) is 5.15. The Labute approximate surface area is 176 Å². The summed E-state index contributed by atoms with van der Waals surface area (Å²) < 4.78 is 72.4. The number of nitrogens with one attached hydrogen (secondary N) is 1. The van der Waals surface area contributed by atoms with Gasteiger partial charge in [-0.3, -0.25) is 9.10 Å². The van der Waals surface area contributed by atoms with Gasteiger partial charge in [0.15, 0.2) is 0 Å². The number of hydrogen-bond acceptors (Lipinski definition) is 4. The number of sulfonamides is 1. The summed E-state index contributed by atoms with van der Waals surface area (Å²) in [5.74, 6) is -2.87. The van der Waals surface area contributed by atoms with Crippen molar-refractivity contribution < 1.29 is 31.1 Å². The number of anilines is 2. The number of carbonyl (C=O) groups excluding carboxylic acids is 1. The van der Waals surface area contributed by atoms with Gasteiger partial charge in [-0.2, -0.15) is 0 Å². The molecule has 0 spiro atoms. The lowest BCUT2D eigenvalue weighted by Crippen LogP contribution is -2.38. The highest BCUT2D eigenvalue weighted by Crippen LogP contribution is 2.26. The summed E-state index contributed by atoms with van der Waals surface area (Å²) in [5, 5.41) is 2.22. The van der Waals surface area contributed by atoms with Crippen LogP contribution >= 0.6 is 0 Å². The van der Waals surface area contributed by atoms with Crippen molar-refractivity contribution in [3.63, 3.8) is 0 Å². The van der Waals surface area contributed by atoms with Crippen molar-refractivity contribution >= 4 is 27.3 Å². The zero-order valence-corrected chi connectivity index (χ0v) is 17.0. The van der Waals surface area contributed by atoms with Crippen LogP contribution in [0.25, 0.3) is 0 Å². The van der Waals surface area contributed by atoms with Crippen molar-refractivity contribution in [3.8, 4) is 5.75 Å². The minimum absolute atomic E-state index is 0.125. The molecule has 0 aliphatic rings. The molecule has 3 rings (SSSR count). The van der Waals surface area contributed by atoms with Crippen LogP contribution < -0.4 is 14.4 Å². The van der Waals surface area contributed by atoms with Gasteiger partial charge in [-0.15, -0.1) is 0 Å². The lowest BCUT2D eigenvalue weighted by Gasteiger charge is -2.24. The normalized spacial score (nSPS) is 11.1. The van der Waals surface area contributed by atoms with Crippen LogP contribution in [0.5, 0.6) is 5.75 Å². The van der Waals surface area contributed by atoms with E-state index < -0.39 is 39.9 Å². The second-order valence-corrected chi connectivity index (χ2v) is 8.20. The second kappa shape index (κ2) is 9.09. The summed E-state index contributed by atoms with van der Waals surface area (Å²) in [6.07, 6.45) is 0. The molecule has 6 nitrogen and oxygen atoms in total. The summed E-state index contributed by atoms with van der Waals surface area (Å²) in [5.41, 5.74) is -0.180. The first-order valence-electron chi connectivity index (χ1n) is 8.88. The Morgan fingerprint density at radius 2 is 1.55 bits per heavy atom. The largest absolute Gasteiger partial charge is 0.497 e. The van der Waals surface area contributed by atoms with Crippen molar-refractivity contribution in [2.24, 2.45) is 0 Å². The molecule has 1 N–H and O–H groups in total. The van der Waals surface area contributed by atoms with Gasteiger partial charge in [-0.1, -0.05) is 0 Å². The first-order chi connectivity index (χ1) is 14.7. The number of methoxy groups -OCH3 is 1. The van der Waals surface area contributed by atoms with Gasteiger partial charge in [-0.05, 0) is 60.7 Å². The number of rotatable bonds is 7. The molecule has 162 valence electrons. The Kier molecular flexibility index (Phi) is 6.50. The molecule has 3 aromatic carbocycles. The number of benzene rings is 3. The number of ether oxygens (including phenoxy) is 1. The van der Waals surface area contributed by atoms with E-state index in [9.17, 15) is 26.4 Å². The summed E-state index contributed by atoms with van der Waals surface area (Å²) in [4.78, 5) is 12.3.